The first-order valence-corrected chi connectivity index (χ1v) is 12.6. The number of carbonyl (C=O) groups excluding carboxylic acids is 2. The number of hydrogen-bond acceptors (Lipinski definition) is 4. The molecule has 1 aliphatic carbocycles. The van der Waals surface area contributed by atoms with Crippen molar-refractivity contribution < 1.29 is 26.8 Å². The van der Waals surface area contributed by atoms with Crippen LogP contribution >= 0.6 is 0 Å². The molecule has 1 aliphatic heterocycles. The fourth-order valence-electron chi connectivity index (χ4n) is 4.31. The Bertz CT molecular complexity index is 940. The van der Waals surface area contributed by atoms with Crippen LogP contribution in [0.3, 0.4) is 0 Å². The molecule has 7 nitrogen and oxygen atoms in total. The Labute approximate surface area is 188 Å². The minimum Gasteiger partial charge on any atom is -0.344 e. The van der Waals surface area contributed by atoms with Crippen LogP contribution in [0.25, 0.3) is 0 Å². The fraction of sp³-hybridized carbons (Fsp3) is 0.636. The van der Waals surface area contributed by atoms with E-state index in [1.54, 1.807) is 0 Å². The molecule has 1 aromatic rings. The minimum atomic E-state index is -4.22. The lowest BCUT2D eigenvalue weighted by molar-refractivity contribution is -0.139. The number of sulfonamides is 1. The predicted molar refractivity (Wildman–Crippen MR) is 115 cm³/mol. The first kappa shape index (κ1) is 24.6. The van der Waals surface area contributed by atoms with E-state index in [0.29, 0.717) is 6.07 Å². The lowest BCUT2D eigenvalue weighted by Gasteiger charge is -2.37. The summed E-state index contributed by atoms with van der Waals surface area (Å²) in [4.78, 5) is 26.6. The molecular weight excluding hydrogens is 440 g/mol. The molecule has 0 radical (unpaired) electrons. The zero-order valence-corrected chi connectivity index (χ0v) is 19.3. The number of halogens is 2. The molecule has 1 atom stereocenters. The van der Waals surface area contributed by atoms with E-state index in [1.807, 2.05) is 13.8 Å². The number of carbonyl (C=O) groups is 2. The normalized spacial score (nSPS) is 19.7. The first-order chi connectivity index (χ1) is 15.1. The molecule has 1 saturated carbocycles. The molecular formula is C22H31F2N3O4S. The van der Waals surface area contributed by atoms with E-state index >= 15 is 0 Å². The van der Waals surface area contributed by atoms with E-state index in [-0.39, 0.29) is 49.8 Å². The van der Waals surface area contributed by atoms with Crippen molar-refractivity contribution in [2.24, 2.45) is 11.8 Å². The van der Waals surface area contributed by atoms with Crippen LogP contribution in [0, 0.1) is 23.5 Å². The SMILES string of the molecule is CC(C)C(NC(=O)C1CCCCC1)C(=O)N1CCN(S(=O)(=O)c2cc(F)ccc2F)CC1. The van der Waals surface area contributed by atoms with Crippen molar-refractivity contribution >= 4 is 21.8 Å². The second kappa shape index (κ2) is 10.2. The van der Waals surface area contributed by atoms with Crippen molar-refractivity contribution in [3.8, 4) is 0 Å². The quantitative estimate of drug-likeness (QED) is 0.691. The van der Waals surface area contributed by atoms with E-state index in [2.05, 4.69) is 5.32 Å². The minimum absolute atomic E-state index is 0.0363. The Morgan fingerprint density at radius 3 is 2.25 bits per heavy atom. The number of nitrogens with one attached hydrogen (secondary N) is 1. The van der Waals surface area contributed by atoms with Crippen molar-refractivity contribution in [1.29, 1.82) is 0 Å². The molecule has 1 N–H and O–H groups in total. The Morgan fingerprint density at radius 1 is 1.03 bits per heavy atom. The molecule has 0 aromatic heterocycles. The third kappa shape index (κ3) is 5.46. The summed E-state index contributed by atoms with van der Waals surface area (Å²) in [5.74, 6) is -2.40. The molecule has 2 aliphatic rings. The smallest absolute Gasteiger partial charge is 0.246 e. The lowest BCUT2D eigenvalue weighted by atomic mass is 9.88. The average Bonchev–Trinajstić information content (AvgIpc) is 2.78. The summed E-state index contributed by atoms with van der Waals surface area (Å²) in [6.45, 7) is 3.86. The van der Waals surface area contributed by atoms with Gasteiger partial charge < -0.3 is 10.2 Å². The van der Waals surface area contributed by atoms with Gasteiger partial charge in [-0.25, -0.2) is 17.2 Å². The molecule has 10 heteroatoms. The topological polar surface area (TPSA) is 86.8 Å². The summed E-state index contributed by atoms with van der Waals surface area (Å²) >= 11 is 0. The number of amides is 2. The van der Waals surface area contributed by atoms with Gasteiger partial charge in [0, 0.05) is 32.1 Å². The van der Waals surface area contributed by atoms with Gasteiger partial charge >= 0.3 is 0 Å². The maximum atomic E-state index is 14.0. The molecule has 178 valence electrons. The van der Waals surface area contributed by atoms with Crippen LogP contribution in [0.2, 0.25) is 0 Å². The third-order valence-corrected chi connectivity index (χ3v) is 8.18. The Morgan fingerprint density at radius 2 is 1.66 bits per heavy atom. The predicted octanol–water partition coefficient (Wildman–Crippen LogP) is 2.52. The highest BCUT2D eigenvalue weighted by atomic mass is 32.2. The molecule has 2 amide bonds. The zero-order valence-electron chi connectivity index (χ0n) is 18.5. The van der Waals surface area contributed by atoms with Gasteiger partial charge in [0.25, 0.3) is 0 Å². The summed E-state index contributed by atoms with van der Waals surface area (Å²) in [6.07, 6.45) is 4.82. The molecule has 1 saturated heterocycles. The number of rotatable bonds is 6. The van der Waals surface area contributed by atoms with E-state index in [0.717, 1.165) is 48.5 Å². The second-order valence-electron chi connectivity index (χ2n) is 8.87. The molecule has 1 heterocycles. The highest BCUT2D eigenvalue weighted by Gasteiger charge is 2.36. The number of piperazine rings is 1. The first-order valence-electron chi connectivity index (χ1n) is 11.2. The van der Waals surface area contributed by atoms with Gasteiger partial charge in [0.1, 0.15) is 22.6 Å². The summed E-state index contributed by atoms with van der Waals surface area (Å²) in [6, 6.07) is 1.62. The lowest BCUT2D eigenvalue weighted by Crippen LogP contribution is -2.57. The van der Waals surface area contributed by atoms with Crippen molar-refractivity contribution in [2.75, 3.05) is 26.2 Å². The van der Waals surface area contributed by atoms with Crippen LogP contribution in [0.1, 0.15) is 46.0 Å². The highest BCUT2D eigenvalue weighted by molar-refractivity contribution is 7.89. The summed E-state index contributed by atoms with van der Waals surface area (Å²) in [5, 5.41) is 2.91. The Kier molecular flexibility index (Phi) is 7.87. The average molecular weight is 472 g/mol. The summed E-state index contributed by atoms with van der Waals surface area (Å²) in [5.41, 5.74) is 0. The Balaban J connectivity index is 1.64. The summed E-state index contributed by atoms with van der Waals surface area (Å²) in [7, 11) is -4.22. The van der Waals surface area contributed by atoms with Crippen molar-refractivity contribution in [3.63, 3.8) is 0 Å². The fourth-order valence-corrected chi connectivity index (χ4v) is 5.81. The molecule has 1 aromatic carbocycles. The third-order valence-electron chi connectivity index (χ3n) is 6.27. The number of benzene rings is 1. The second-order valence-corrected chi connectivity index (χ2v) is 10.8. The maximum Gasteiger partial charge on any atom is 0.246 e. The number of hydrogen-bond donors (Lipinski definition) is 1. The van der Waals surface area contributed by atoms with Gasteiger partial charge in [0.15, 0.2) is 0 Å². The van der Waals surface area contributed by atoms with Crippen LogP contribution in [0.5, 0.6) is 0 Å². The molecule has 0 bridgehead atoms. The van der Waals surface area contributed by atoms with E-state index in [4.69, 9.17) is 0 Å². The maximum absolute atomic E-state index is 14.0. The van der Waals surface area contributed by atoms with Gasteiger partial charge in [0.2, 0.25) is 21.8 Å². The standard InChI is InChI=1S/C22H31F2N3O4S/c1-15(2)20(25-21(28)16-6-4-3-5-7-16)22(29)26-10-12-27(13-11-26)32(30,31)19-14-17(23)8-9-18(19)24/h8-9,14-16,20H,3-7,10-13H2,1-2H3,(H,25,28). The van der Waals surface area contributed by atoms with E-state index in [1.165, 1.54) is 4.90 Å². The van der Waals surface area contributed by atoms with Gasteiger partial charge in [-0.1, -0.05) is 33.1 Å². The van der Waals surface area contributed by atoms with Gasteiger partial charge in [-0.2, -0.15) is 4.31 Å². The van der Waals surface area contributed by atoms with Gasteiger partial charge in [-0.05, 0) is 37.0 Å². The van der Waals surface area contributed by atoms with Gasteiger partial charge in [-0.3, -0.25) is 9.59 Å². The molecule has 2 fully saturated rings. The van der Waals surface area contributed by atoms with Crippen molar-refractivity contribution in [1.82, 2.24) is 14.5 Å². The molecule has 3 rings (SSSR count). The van der Waals surface area contributed by atoms with E-state index in [9.17, 15) is 26.8 Å². The monoisotopic (exact) mass is 471 g/mol. The summed E-state index contributed by atoms with van der Waals surface area (Å²) < 4.78 is 54.1. The molecule has 32 heavy (non-hydrogen) atoms. The van der Waals surface area contributed by atoms with Crippen LogP contribution in [0.4, 0.5) is 8.78 Å². The van der Waals surface area contributed by atoms with Crippen LogP contribution in [0.15, 0.2) is 23.1 Å². The van der Waals surface area contributed by atoms with Crippen LogP contribution in [-0.4, -0.2) is 61.7 Å². The van der Waals surface area contributed by atoms with Gasteiger partial charge in [0.05, 0.1) is 0 Å². The van der Waals surface area contributed by atoms with Crippen molar-refractivity contribution in [3.05, 3.63) is 29.8 Å². The van der Waals surface area contributed by atoms with Gasteiger partial charge in [-0.15, -0.1) is 0 Å². The van der Waals surface area contributed by atoms with Crippen LogP contribution < -0.4 is 5.32 Å². The number of nitrogens with zero attached hydrogens (tertiary/aromatic N) is 2. The largest absolute Gasteiger partial charge is 0.344 e. The molecule has 1 unspecified atom stereocenters. The van der Waals surface area contributed by atoms with Crippen LogP contribution in [-0.2, 0) is 19.6 Å². The highest BCUT2D eigenvalue weighted by Crippen LogP contribution is 2.25. The molecule has 0 spiro atoms. The van der Waals surface area contributed by atoms with Crippen molar-refractivity contribution in [2.45, 2.75) is 56.9 Å². The zero-order chi connectivity index (χ0) is 23.5. The van der Waals surface area contributed by atoms with E-state index < -0.39 is 32.6 Å². The Hall–Kier alpha value is -2.07.